The molecule has 0 fully saturated rings. The topological polar surface area (TPSA) is 37.8 Å². The van der Waals surface area contributed by atoms with Crippen molar-refractivity contribution in [3.05, 3.63) is 33.0 Å². The number of thiophene rings is 1. The average Bonchev–Trinajstić information content (AvgIpc) is 2.97. The Morgan fingerprint density at radius 3 is 3.38 bits per heavy atom. The highest BCUT2D eigenvalue weighted by Crippen LogP contribution is 2.33. The number of hydrogen-bond donors (Lipinski definition) is 1. The molecule has 1 unspecified atom stereocenters. The molecular weight excluding hydrogens is 238 g/mol. The molecule has 5 heteroatoms. The van der Waals surface area contributed by atoms with Crippen LogP contribution in [-0.4, -0.2) is 9.59 Å². The van der Waals surface area contributed by atoms with Gasteiger partial charge in [-0.25, -0.2) is 0 Å². The third kappa shape index (κ3) is 2.03. The molecular formula is C11H13N3S2. The normalized spacial score (nSPS) is 19.6. The summed E-state index contributed by atoms with van der Waals surface area (Å²) in [5.74, 6) is 0. The Bertz CT molecular complexity index is 450. The van der Waals surface area contributed by atoms with E-state index in [2.05, 4.69) is 26.4 Å². The number of fused-ring (bicyclic) bond motifs is 1. The fourth-order valence-corrected chi connectivity index (χ4v) is 3.63. The first kappa shape index (κ1) is 10.4. The summed E-state index contributed by atoms with van der Waals surface area (Å²) in [6.45, 7) is 0.830. The van der Waals surface area contributed by atoms with Gasteiger partial charge in [0.1, 0.15) is 0 Å². The molecule has 1 aliphatic carbocycles. The lowest BCUT2D eigenvalue weighted by Crippen LogP contribution is -2.23. The molecule has 84 valence electrons. The SMILES string of the molecule is c1cc2c(s1)CCCC2NCc1csnn1. The van der Waals surface area contributed by atoms with E-state index in [0.717, 1.165) is 12.2 Å². The second-order valence-electron chi connectivity index (χ2n) is 4.02. The van der Waals surface area contributed by atoms with Crippen LogP contribution in [0.5, 0.6) is 0 Å². The van der Waals surface area contributed by atoms with E-state index in [9.17, 15) is 0 Å². The summed E-state index contributed by atoms with van der Waals surface area (Å²) in [6, 6.07) is 2.77. The van der Waals surface area contributed by atoms with Gasteiger partial charge in [-0.15, -0.1) is 16.4 Å². The van der Waals surface area contributed by atoms with Crippen LogP contribution < -0.4 is 5.32 Å². The lowest BCUT2D eigenvalue weighted by molar-refractivity contribution is 0.460. The van der Waals surface area contributed by atoms with E-state index in [4.69, 9.17) is 0 Å². The highest BCUT2D eigenvalue weighted by atomic mass is 32.1. The van der Waals surface area contributed by atoms with Gasteiger partial charge in [-0.2, -0.15) is 0 Å². The molecule has 0 aliphatic heterocycles. The van der Waals surface area contributed by atoms with E-state index in [1.807, 2.05) is 16.7 Å². The third-order valence-corrected chi connectivity index (χ3v) is 4.54. The molecule has 3 rings (SSSR count). The summed E-state index contributed by atoms with van der Waals surface area (Å²) < 4.78 is 3.87. The van der Waals surface area contributed by atoms with Gasteiger partial charge in [0.2, 0.25) is 0 Å². The number of aromatic nitrogens is 2. The summed E-state index contributed by atoms with van der Waals surface area (Å²) in [6.07, 6.45) is 3.78. The van der Waals surface area contributed by atoms with Gasteiger partial charge in [0, 0.05) is 22.8 Å². The Morgan fingerprint density at radius 1 is 1.50 bits per heavy atom. The van der Waals surface area contributed by atoms with Crippen LogP contribution in [0.2, 0.25) is 0 Å². The van der Waals surface area contributed by atoms with Crippen LogP contribution in [-0.2, 0) is 13.0 Å². The molecule has 0 spiro atoms. The molecule has 2 aromatic rings. The predicted molar refractivity (Wildman–Crippen MR) is 66.7 cm³/mol. The fourth-order valence-electron chi connectivity index (χ4n) is 2.19. The summed E-state index contributed by atoms with van der Waals surface area (Å²) >= 11 is 3.30. The molecule has 0 saturated carbocycles. The van der Waals surface area contributed by atoms with Crippen LogP contribution in [0.4, 0.5) is 0 Å². The number of rotatable bonds is 3. The maximum Gasteiger partial charge on any atom is 0.0893 e. The molecule has 0 radical (unpaired) electrons. The molecule has 1 N–H and O–H groups in total. The van der Waals surface area contributed by atoms with E-state index in [1.165, 1.54) is 36.4 Å². The lowest BCUT2D eigenvalue weighted by Gasteiger charge is -2.23. The minimum Gasteiger partial charge on any atom is -0.304 e. The summed E-state index contributed by atoms with van der Waals surface area (Å²) in [7, 11) is 0. The van der Waals surface area contributed by atoms with Crippen molar-refractivity contribution in [2.24, 2.45) is 0 Å². The highest BCUT2D eigenvalue weighted by Gasteiger charge is 2.20. The molecule has 16 heavy (non-hydrogen) atoms. The van der Waals surface area contributed by atoms with Crippen molar-refractivity contribution < 1.29 is 0 Å². The van der Waals surface area contributed by atoms with Crippen molar-refractivity contribution in [2.45, 2.75) is 31.8 Å². The van der Waals surface area contributed by atoms with E-state index < -0.39 is 0 Å². The molecule has 0 aromatic carbocycles. The van der Waals surface area contributed by atoms with Gasteiger partial charge in [0.25, 0.3) is 0 Å². The fraction of sp³-hybridized carbons (Fsp3) is 0.455. The van der Waals surface area contributed by atoms with Crippen molar-refractivity contribution in [2.75, 3.05) is 0 Å². The average molecular weight is 251 g/mol. The molecule has 0 saturated heterocycles. The van der Waals surface area contributed by atoms with Crippen molar-refractivity contribution in [3.8, 4) is 0 Å². The zero-order valence-electron chi connectivity index (χ0n) is 8.85. The monoisotopic (exact) mass is 251 g/mol. The van der Waals surface area contributed by atoms with Crippen molar-refractivity contribution in [3.63, 3.8) is 0 Å². The quantitative estimate of drug-likeness (QED) is 0.911. The van der Waals surface area contributed by atoms with Crippen LogP contribution in [0.25, 0.3) is 0 Å². The Kier molecular flexibility index (Phi) is 2.99. The third-order valence-electron chi connectivity index (χ3n) is 2.99. The molecule has 3 nitrogen and oxygen atoms in total. The largest absolute Gasteiger partial charge is 0.304 e. The minimum atomic E-state index is 0.511. The van der Waals surface area contributed by atoms with Crippen molar-refractivity contribution in [1.82, 2.24) is 14.9 Å². The summed E-state index contributed by atoms with van der Waals surface area (Å²) in [5.41, 5.74) is 2.55. The van der Waals surface area contributed by atoms with Crippen molar-refractivity contribution in [1.29, 1.82) is 0 Å². The maximum atomic E-state index is 4.05. The van der Waals surface area contributed by atoms with Crippen LogP contribution in [0, 0.1) is 0 Å². The maximum absolute atomic E-state index is 4.05. The Morgan fingerprint density at radius 2 is 2.50 bits per heavy atom. The number of nitrogens with zero attached hydrogens (tertiary/aromatic N) is 2. The van der Waals surface area contributed by atoms with Gasteiger partial charge >= 0.3 is 0 Å². The van der Waals surface area contributed by atoms with Gasteiger partial charge in [-0.3, -0.25) is 0 Å². The number of aryl methyl sites for hydroxylation is 1. The molecule has 1 atom stereocenters. The smallest absolute Gasteiger partial charge is 0.0893 e. The molecule has 0 amide bonds. The molecule has 2 heterocycles. The number of hydrogen-bond acceptors (Lipinski definition) is 5. The zero-order chi connectivity index (χ0) is 10.8. The second-order valence-corrected chi connectivity index (χ2v) is 5.63. The first-order valence-electron chi connectivity index (χ1n) is 5.49. The predicted octanol–water partition coefficient (Wildman–Crippen LogP) is 2.77. The Hall–Kier alpha value is -0.780. The molecule has 1 aliphatic rings. The first-order valence-corrected chi connectivity index (χ1v) is 7.20. The van der Waals surface area contributed by atoms with E-state index in [-0.39, 0.29) is 0 Å². The molecule has 2 aromatic heterocycles. The van der Waals surface area contributed by atoms with Gasteiger partial charge in [-0.1, -0.05) is 4.49 Å². The Labute approximate surface area is 103 Å². The zero-order valence-corrected chi connectivity index (χ0v) is 10.5. The lowest BCUT2D eigenvalue weighted by atomic mass is 9.94. The van der Waals surface area contributed by atoms with E-state index in [1.54, 1.807) is 4.88 Å². The Balaban J connectivity index is 1.69. The standard InChI is InChI=1S/C11H13N3S2/c1-2-10(9-4-5-15-11(9)3-1)12-6-8-7-16-14-13-8/h4-5,7,10,12H,1-3,6H2. The van der Waals surface area contributed by atoms with Crippen LogP contribution in [0.15, 0.2) is 16.8 Å². The van der Waals surface area contributed by atoms with Crippen LogP contribution in [0.1, 0.15) is 35.0 Å². The highest BCUT2D eigenvalue weighted by molar-refractivity contribution is 7.10. The molecule has 0 bridgehead atoms. The van der Waals surface area contributed by atoms with Crippen LogP contribution in [0.3, 0.4) is 0 Å². The summed E-state index contributed by atoms with van der Waals surface area (Å²) in [4.78, 5) is 1.56. The van der Waals surface area contributed by atoms with Gasteiger partial charge < -0.3 is 5.32 Å². The van der Waals surface area contributed by atoms with Crippen LogP contribution >= 0.6 is 22.9 Å². The van der Waals surface area contributed by atoms with Gasteiger partial charge in [0.15, 0.2) is 0 Å². The second kappa shape index (κ2) is 4.61. The van der Waals surface area contributed by atoms with E-state index in [0.29, 0.717) is 6.04 Å². The first-order chi connectivity index (χ1) is 7.93. The van der Waals surface area contributed by atoms with Gasteiger partial charge in [0.05, 0.1) is 5.69 Å². The van der Waals surface area contributed by atoms with E-state index >= 15 is 0 Å². The minimum absolute atomic E-state index is 0.511. The van der Waals surface area contributed by atoms with Gasteiger partial charge in [-0.05, 0) is 47.8 Å². The number of nitrogens with one attached hydrogen (secondary N) is 1. The summed E-state index contributed by atoms with van der Waals surface area (Å²) in [5, 5.41) is 11.8. The van der Waals surface area contributed by atoms with Crippen molar-refractivity contribution >= 4 is 22.9 Å².